The first kappa shape index (κ1) is 30.2. The predicted octanol–water partition coefficient (Wildman–Crippen LogP) is 6.50. The third-order valence-electron chi connectivity index (χ3n) is 9.04. The van der Waals surface area contributed by atoms with Gasteiger partial charge in [0.1, 0.15) is 11.4 Å². The molecule has 6 nitrogen and oxygen atoms in total. The first-order valence-electron chi connectivity index (χ1n) is 16.0. The smallest absolute Gasteiger partial charge is 0.251 e. The van der Waals surface area contributed by atoms with Gasteiger partial charge >= 0.3 is 0 Å². The van der Waals surface area contributed by atoms with Crippen LogP contribution >= 0.6 is 0 Å². The van der Waals surface area contributed by atoms with Gasteiger partial charge in [-0.05, 0) is 80.7 Å². The maximum atomic E-state index is 13.5. The molecular weight excluding hydrogens is 522 g/mol. The van der Waals surface area contributed by atoms with E-state index in [0.717, 1.165) is 68.4 Å². The molecule has 5 rings (SSSR count). The topological polar surface area (TPSA) is 83.5 Å². The number of hydrogen-bond acceptors (Lipinski definition) is 5. The normalized spacial score (nSPS) is 18.7. The summed E-state index contributed by atoms with van der Waals surface area (Å²) in [6, 6.07) is 19.9. The average molecular weight is 570 g/mol. The van der Waals surface area contributed by atoms with Crippen molar-refractivity contribution in [3.05, 3.63) is 94.8 Å². The number of aromatic nitrogens is 1. The fourth-order valence-corrected chi connectivity index (χ4v) is 6.57. The summed E-state index contributed by atoms with van der Waals surface area (Å²) in [6.45, 7) is 4.72. The number of aliphatic hydroxyl groups is 1. The van der Waals surface area contributed by atoms with Crippen molar-refractivity contribution in [2.45, 2.75) is 108 Å². The van der Waals surface area contributed by atoms with E-state index in [1.807, 2.05) is 36.4 Å². The Morgan fingerprint density at radius 1 is 1.05 bits per heavy atom. The molecule has 1 aliphatic heterocycles. The molecule has 3 N–H and O–H groups in total. The van der Waals surface area contributed by atoms with Gasteiger partial charge < -0.3 is 20.5 Å². The lowest BCUT2D eigenvalue weighted by molar-refractivity contribution is 0.0326. The summed E-state index contributed by atoms with van der Waals surface area (Å²) in [5.74, 6) is 0.789. The quantitative estimate of drug-likeness (QED) is 0.205. The Morgan fingerprint density at radius 2 is 1.86 bits per heavy atom. The number of fused-ring (bicyclic) bond motifs is 1. The molecule has 0 unspecified atom stereocenters. The molecule has 1 amide bonds. The largest absolute Gasteiger partial charge is 0.487 e. The number of hydrogen-bond donors (Lipinski definition) is 3. The van der Waals surface area contributed by atoms with Crippen molar-refractivity contribution in [2.24, 2.45) is 0 Å². The third-order valence-corrected chi connectivity index (χ3v) is 9.04. The molecule has 1 spiro atoms. The van der Waals surface area contributed by atoms with Gasteiger partial charge in [-0.3, -0.25) is 9.78 Å². The molecule has 0 bridgehead atoms. The lowest BCUT2D eigenvalue weighted by atomic mass is 9.85. The van der Waals surface area contributed by atoms with E-state index in [2.05, 4.69) is 47.7 Å². The van der Waals surface area contributed by atoms with Crippen LogP contribution in [0.3, 0.4) is 0 Å². The van der Waals surface area contributed by atoms with Gasteiger partial charge in [0, 0.05) is 42.0 Å². The highest BCUT2D eigenvalue weighted by atomic mass is 16.5. The van der Waals surface area contributed by atoms with Crippen molar-refractivity contribution in [1.82, 2.24) is 15.6 Å². The zero-order valence-electron chi connectivity index (χ0n) is 25.3. The molecule has 6 heteroatoms. The van der Waals surface area contributed by atoms with E-state index in [1.165, 1.54) is 24.0 Å². The standard InChI is InChI=1S/C36H47N3O3/c1-3-5-7-14-29-23-28(17-20-37-29)35(41)39-31(22-27-12-8-6-9-13-27)33(40)25-38-32-24-36(18-10-11-19-36)42-34-16-15-26(4-2)21-30(32)34/h6,8-9,12-13,15-17,20-21,23,31-33,38,40H,3-5,7,10-11,14,18-19,22,24-25H2,1-2H3,(H,39,41)/t31-,32-,33+/m0/s1. The van der Waals surface area contributed by atoms with Crippen LogP contribution in [0.4, 0.5) is 0 Å². The minimum Gasteiger partial charge on any atom is -0.487 e. The Hall–Kier alpha value is -3.22. The summed E-state index contributed by atoms with van der Waals surface area (Å²) >= 11 is 0. The van der Waals surface area contributed by atoms with E-state index in [1.54, 1.807) is 12.3 Å². The molecule has 0 radical (unpaired) electrons. The van der Waals surface area contributed by atoms with Crippen LogP contribution in [-0.4, -0.2) is 40.3 Å². The number of rotatable bonds is 13. The predicted molar refractivity (Wildman–Crippen MR) is 168 cm³/mol. The molecule has 2 aliphatic rings. The lowest BCUT2D eigenvalue weighted by Gasteiger charge is -2.41. The zero-order valence-corrected chi connectivity index (χ0v) is 25.3. The summed E-state index contributed by atoms with van der Waals surface area (Å²) < 4.78 is 6.62. The molecular formula is C36H47N3O3. The minimum atomic E-state index is -0.778. The van der Waals surface area contributed by atoms with Crippen LogP contribution in [0.2, 0.25) is 0 Å². The number of nitrogens with zero attached hydrogens (tertiary/aromatic N) is 1. The van der Waals surface area contributed by atoms with Crippen molar-refractivity contribution in [3.8, 4) is 5.75 Å². The molecule has 224 valence electrons. The summed E-state index contributed by atoms with van der Waals surface area (Å²) in [5, 5.41) is 18.5. The highest BCUT2D eigenvalue weighted by molar-refractivity contribution is 5.94. The highest BCUT2D eigenvalue weighted by Gasteiger charge is 2.43. The Morgan fingerprint density at radius 3 is 2.62 bits per heavy atom. The average Bonchev–Trinajstić information content (AvgIpc) is 3.47. The van der Waals surface area contributed by atoms with E-state index in [-0.39, 0.29) is 17.6 Å². The number of benzene rings is 2. The van der Waals surface area contributed by atoms with E-state index in [0.29, 0.717) is 18.5 Å². The molecule has 2 aromatic carbocycles. The van der Waals surface area contributed by atoms with E-state index in [9.17, 15) is 9.90 Å². The van der Waals surface area contributed by atoms with Gasteiger partial charge in [-0.15, -0.1) is 0 Å². The van der Waals surface area contributed by atoms with Crippen LogP contribution in [0.25, 0.3) is 0 Å². The van der Waals surface area contributed by atoms with Crippen LogP contribution in [-0.2, 0) is 19.3 Å². The highest BCUT2D eigenvalue weighted by Crippen LogP contribution is 2.47. The van der Waals surface area contributed by atoms with Gasteiger partial charge in [0.05, 0.1) is 12.1 Å². The van der Waals surface area contributed by atoms with Gasteiger partial charge in [-0.2, -0.15) is 0 Å². The number of aliphatic hydroxyl groups excluding tert-OH is 1. The van der Waals surface area contributed by atoms with Gasteiger partial charge in [0.15, 0.2) is 0 Å². The second kappa shape index (κ2) is 14.3. The van der Waals surface area contributed by atoms with Crippen LogP contribution < -0.4 is 15.4 Å². The molecule has 1 aliphatic carbocycles. The van der Waals surface area contributed by atoms with Gasteiger partial charge in [0.2, 0.25) is 0 Å². The van der Waals surface area contributed by atoms with Crippen molar-refractivity contribution >= 4 is 5.91 Å². The van der Waals surface area contributed by atoms with Crippen molar-refractivity contribution < 1.29 is 14.6 Å². The number of ether oxygens (including phenoxy) is 1. The SMILES string of the molecule is CCCCCc1cc(C(=O)N[C@@H](Cc2ccccc2)[C@H](O)CN[C@H]2CC3(CCCC3)Oc3ccc(CC)cc32)ccn1. The Balaban J connectivity index is 1.31. The van der Waals surface area contributed by atoms with Gasteiger partial charge in [-0.1, -0.05) is 69.2 Å². The van der Waals surface area contributed by atoms with Gasteiger partial charge in [0.25, 0.3) is 5.91 Å². The number of carbonyl (C=O) groups is 1. The molecule has 1 aromatic heterocycles. The molecule has 1 fully saturated rings. The monoisotopic (exact) mass is 569 g/mol. The molecule has 3 aromatic rings. The molecule has 2 heterocycles. The fourth-order valence-electron chi connectivity index (χ4n) is 6.57. The first-order chi connectivity index (χ1) is 20.5. The van der Waals surface area contributed by atoms with E-state index < -0.39 is 12.1 Å². The summed E-state index contributed by atoms with van der Waals surface area (Å²) in [4.78, 5) is 17.9. The van der Waals surface area contributed by atoms with Gasteiger partial charge in [-0.25, -0.2) is 0 Å². The minimum absolute atomic E-state index is 0.0898. The Labute approximate surface area is 251 Å². The third kappa shape index (κ3) is 7.59. The van der Waals surface area contributed by atoms with Crippen molar-refractivity contribution in [2.75, 3.05) is 6.54 Å². The van der Waals surface area contributed by atoms with Crippen molar-refractivity contribution in [1.29, 1.82) is 0 Å². The fraction of sp³-hybridized carbons (Fsp3) is 0.500. The number of unbranched alkanes of at least 4 members (excludes halogenated alkanes) is 2. The van der Waals surface area contributed by atoms with E-state index in [4.69, 9.17) is 4.74 Å². The second-order valence-electron chi connectivity index (χ2n) is 12.2. The van der Waals surface area contributed by atoms with Crippen LogP contribution in [0.15, 0.2) is 66.9 Å². The lowest BCUT2D eigenvalue weighted by Crippen LogP contribution is -2.50. The number of nitrogens with one attached hydrogen (secondary N) is 2. The van der Waals surface area contributed by atoms with Crippen LogP contribution in [0.1, 0.15) is 104 Å². The van der Waals surface area contributed by atoms with Crippen LogP contribution in [0.5, 0.6) is 5.75 Å². The molecule has 3 atom stereocenters. The molecule has 1 saturated carbocycles. The zero-order chi connectivity index (χ0) is 29.4. The Bertz CT molecular complexity index is 1310. The Kier molecular flexibility index (Phi) is 10.3. The van der Waals surface area contributed by atoms with E-state index >= 15 is 0 Å². The number of pyridine rings is 1. The first-order valence-corrected chi connectivity index (χ1v) is 16.0. The molecule has 0 saturated heterocycles. The maximum absolute atomic E-state index is 13.5. The second-order valence-corrected chi connectivity index (χ2v) is 12.2. The molecule has 42 heavy (non-hydrogen) atoms. The summed E-state index contributed by atoms with van der Waals surface area (Å²) in [7, 11) is 0. The van der Waals surface area contributed by atoms with Crippen molar-refractivity contribution in [3.63, 3.8) is 0 Å². The summed E-state index contributed by atoms with van der Waals surface area (Å²) in [6.07, 6.45) is 12.1. The number of aryl methyl sites for hydroxylation is 2. The number of carbonyl (C=O) groups excluding carboxylic acids is 1. The van der Waals surface area contributed by atoms with Crippen LogP contribution in [0, 0.1) is 0 Å². The maximum Gasteiger partial charge on any atom is 0.251 e. The number of amides is 1. The summed E-state index contributed by atoms with van der Waals surface area (Å²) in [5.41, 5.74) is 4.93.